The molecule has 1 aromatic rings. The number of carbonyl (C=O) groups is 1. The molecule has 1 N–H and O–H groups in total. The van der Waals surface area contributed by atoms with E-state index in [9.17, 15) is 9.90 Å². The van der Waals surface area contributed by atoms with Crippen LogP contribution in [0.15, 0.2) is 24.3 Å². The standard InChI is InChI=1S/C16H23NO4/c1-3-20-13-4-6-14(7-5-13)21-16(19)10-17-9-8-12(2)15(17)11-18/h4-7,12,15,18H,3,8-11H2,1-2H3. The quantitative estimate of drug-likeness (QED) is 0.639. The van der Waals surface area contributed by atoms with E-state index in [0.717, 1.165) is 18.7 Å². The lowest BCUT2D eigenvalue weighted by Crippen LogP contribution is -2.39. The van der Waals surface area contributed by atoms with Crippen molar-refractivity contribution >= 4 is 5.97 Å². The number of carbonyl (C=O) groups excluding carboxylic acids is 1. The number of likely N-dealkylation sites (tertiary alicyclic amines) is 1. The summed E-state index contributed by atoms with van der Waals surface area (Å²) in [6, 6.07) is 7.05. The molecule has 116 valence electrons. The monoisotopic (exact) mass is 293 g/mol. The summed E-state index contributed by atoms with van der Waals surface area (Å²) in [4.78, 5) is 14.0. The van der Waals surface area contributed by atoms with Gasteiger partial charge in [-0.05, 0) is 50.1 Å². The van der Waals surface area contributed by atoms with Gasteiger partial charge in [0.25, 0.3) is 0 Å². The Morgan fingerprint density at radius 1 is 1.33 bits per heavy atom. The summed E-state index contributed by atoms with van der Waals surface area (Å²) >= 11 is 0. The van der Waals surface area contributed by atoms with Crippen molar-refractivity contribution in [3.8, 4) is 11.5 Å². The average molecular weight is 293 g/mol. The number of aliphatic hydroxyl groups excluding tert-OH is 1. The first kappa shape index (κ1) is 15.8. The van der Waals surface area contributed by atoms with Gasteiger partial charge in [0.1, 0.15) is 11.5 Å². The van der Waals surface area contributed by atoms with E-state index in [-0.39, 0.29) is 25.2 Å². The molecule has 0 bridgehead atoms. The van der Waals surface area contributed by atoms with Crippen LogP contribution >= 0.6 is 0 Å². The summed E-state index contributed by atoms with van der Waals surface area (Å²) in [7, 11) is 0. The number of hydrogen-bond donors (Lipinski definition) is 1. The molecule has 2 rings (SSSR count). The highest BCUT2D eigenvalue weighted by atomic mass is 16.5. The minimum absolute atomic E-state index is 0.0536. The van der Waals surface area contributed by atoms with Gasteiger partial charge in [-0.2, -0.15) is 0 Å². The van der Waals surface area contributed by atoms with E-state index in [4.69, 9.17) is 9.47 Å². The van der Waals surface area contributed by atoms with E-state index in [1.165, 1.54) is 0 Å². The first-order valence-corrected chi connectivity index (χ1v) is 7.42. The minimum atomic E-state index is -0.299. The van der Waals surface area contributed by atoms with Gasteiger partial charge in [0.05, 0.1) is 19.8 Å². The molecule has 5 nitrogen and oxygen atoms in total. The Morgan fingerprint density at radius 2 is 2.00 bits per heavy atom. The Bertz CT molecular complexity index is 460. The van der Waals surface area contributed by atoms with Gasteiger partial charge in [-0.3, -0.25) is 9.69 Å². The molecule has 0 spiro atoms. The van der Waals surface area contributed by atoms with Crippen LogP contribution in [0.2, 0.25) is 0 Å². The van der Waals surface area contributed by atoms with Gasteiger partial charge < -0.3 is 14.6 Å². The maximum atomic E-state index is 12.0. The van der Waals surface area contributed by atoms with Crippen LogP contribution in [0.3, 0.4) is 0 Å². The summed E-state index contributed by atoms with van der Waals surface area (Å²) in [6.07, 6.45) is 1.00. The van der Waals surface area contributed by atoms with E-state index < -0.39 is 0 Å². The number of nitrogens with zero attached hydrogens (tertiary/aromatic N) is 1. The highest BCUT2D eigenvalue weighted by Crippen LogP contribution is 2.23. The van der Waals surface area contributed by atoms with Crippen molar-refractivity contribution in [2.75, 3.05) is 26.3 Å². The maximum absolute atomic E-state index is 12.0. The van der Waals surface area contributed by atoms with Gasteiger partial charge in [-0.1, -0.05) is 6.92 Å². The smallest absolute Gasteiger partial charge is 0.325 e. The summed E-state index contributed by atoms with van der Waals surface area (Å²) in [6.45, 7) is 5.74. The van der Waals surface area contributed by atoms with Crippen LogP contribution in [0, 0.1) is 5.92 Å². The average Bonchev–Trinajstić information content (AvgIpc) is 2.81. The number of rotatable bonds is 6. The third-order valence-corrected chi connectivity index (χ3v) is 3.88. The number of benzene rings is 1. The molecule has 1 heterocycles. The van der Waals surface area contributed by atoms with Crippen molar-refractivity contribution in [2.45, 2.75) is 26.3 Å². The van der Waals surface area contributed by atoms with Crippen molar-refractivity contribution in [1.29, 1.82) is 0 Å². The molecule has 0 aromatic heterocycles. The molecule has 5 heteroatoms. The predicted octanol–water partition coefficient (Wildman–Crippen LogP) is 1.69. The molecule has 0 saturated carbocycles. The molecule has 1 aliphatic rings. The van der Waals surface area contributed by atoms with E-state index in [2.05, 4.69) is 6.92 Å². The molecule has 0 radical (unpaired) electrons. The van der Waals surface area contributed by atoms with Gasteiger partial charge in [0, 0.05) is 6.04 Å². The Hall–Kier alpha value is -1.59. The van der Waals surface area contributed by atoms with Crippen molar-refractivity contribution in [3.05, 3.63) is 24.3 Å². The molecule has 1 saturated heterocycles. The van der Waals surface area contributed by atoms with Crippen LogP contribution in [0.4, 0.5) is 0 Å². The molecule has 21 heavy (non-hydrogen) atoms. The highest BCUT2D eigenvalue weighted by Gasteiger charge is 2.31. The van der Waals surface area contributed by atoms with Crippen molar-refractivity contribution in [2.24, 2.45) is 5.92 Å². The Labute approximate surface area is 125 Å². The van der Waals surface area contributed by atoms with E-state index in [0.29, 0.717) is 18.3 Å². The Morgan fingerprint density at radius 3 is 2.62 bits per heavy atom. The van der Waals surface area contributed by atoms with Crippen LogP contribution in [0.25, 0.3) is 0 Å². The lowest BCUT2D eigenvalue weighted by atomic mass is 10.0. The van der Waals surface area contributed by atoms with Crippen molar-refractivity contribution in [3.63, 3.8) is 0 Å². The lowest BCUT2D eigenvalue weighted by Gasteiger charge is -2.23. The normalized spacial score (nSPS) is 22.2. The number of hydrogen-bond acceptors (Lipinski definition) is 5. The largest absolute Gasteiger partial charge is 0.494 e. The molecule has 2 atom stereocenters. The van der Waals surface area contributed by atoms with Gasteiger partial charge in [0.2, 0.25) is 0 Å². The molecule has 0 aliphatic carbocycles. The zero-order valence-corrected chi connectivity index (χ0v) is 12.6. The SMILES string of the molecule is CCOc1ccc(OC(=O)CN2CCC(C)C2CO)cc1. The number of esters is 1. The second-order valence-electron chi connectivity index (χ2n) is 5.36. The molecule has 1 aromatic carbocycles. The Kier molecular flexibility index (Phi) is 5.59. The maximum Gasteiger partial charge on any atom is 0.325 e. The first-order valence-electron chi connectivity index (χ1n) is 7.42. The second-order valence-corrected chi connectivity index (χ2v) is 5.36. The van der Waals surface area contributed by atoms with Gasteiger partial charge in [-0.25, -0.2) is 0 Å². The molecule has 0 amide bonds. The number of aliphatic hydroxyl groups is 1. The van der Waals surface area contributed by atoms with Crippen LogP contribution in [-0.4, -0.2) is 48.3 Å². The molecular formula is C16H23NO4. The fourth-order valence-corrected chi connectivity index (χ4v) is 2.68. The first-order chi connectivity index (χ1) is 10.1. The van der Waals surface area contributed by atoms with Crippen LogP contribution in [-0.2, 0) is 4.79 Å². The third-order valence-electron chi connectivity index (χ3n) is 3.88. The van der Waals surface area contributed by atoms with Crippen LogP contribution in [0.5, 0.6) is 11.5 Å². The van der Waals surface area contributed by atoms with E-state index >= 15 is 0 Å². The van der Waals surface area contributed by atoms with Crippen LogP contribution in [0.1, 0.15) is 20.3 Å². The number of ether oxygens (including phenoxy) is 2. The molecular weight excluding hydrogens is 270 g/mol. The van der Waals surface area contributed by atoms with Crippen LogP contribution < -0.4 is 9.47 Å². The highest BCUT2D eigenvalue weighted by molar-refractivity contribution is 5.74. The fraction of sp³-hybridized carbons (Fsp3) is 0.562. The zero-order valence-electron chi connectivity index (χ0n) is 12.6. The fourth-order valence-electron chi connectivity index (χ4n) is 2.68. The predicted molar refractivity (Wildman–Crippen MR) is 79.5 cm³/mol. The Balaban J connectivity index is 1.86. The second kappa shape index (κ2) is 7.43. The molecule has 1 fully saturated rings. The van der Waals surface area contributed by atoms with Gasteiger partial charge in [0.15, 0.2) is 0 Å². The van der Waals surface area contributed by atoms with Crippen molar-refractivity contribution < 1.29 is 19.4 Å². The van der Waals surface area contributed by atoms with Gasteiger partial charge in [-0.15, -0.1) is 0 Å². The lowest BCUT2D eigenvalue weighted by molar-refractivity contribution is -0.136. The zero-order chi connectivity index (χ0) is 15.2. The topological polar surface area (TPSA) is 59.0 Å². The molecule has 1 aliphatic heterocycles. The van der Waals surface area contributed by atoms with E-state index in [1.54, 1.807) is 24.3 Å². The molecule has 2 unspecified atom stereocenters. The summed E-state index contributed by atoms with van der Waals surface area (Å²) in [5.74, 6) is 1.38. The summed E-state index contributed by atoms with van der Waals surface area (Å²) in [5.41, 5.74) is 0. The van der Waals surface area contributed by atoms with E-state index in [1.807, 2.05) is 11.8 Å². The van der Waals surface area contributed by atoms with Gasteiger partial charge >= 0.3 is 5.97 Å². The summed E-state index contributed by atoms with van der Waals surface area (Å²) < 4.78 is 10.7. The minimum Gasteiger partial charge on any atom is -0.494 e. The summed E-state index contributed by atoms with van der Waals surface area (Å²) in [5, 5.41) is 9.38. The third kappa shape index (κ3) is 4.19. The van der Waals surface area contributed by atoms with Crippen molar-refractivity contribution in [1.82, 2.24) is 4.90 Å².